The van der Waals surface area contributed by atoms with Gasteiger partial charge in [-0.25, -0.2) is 0 Å². The summed E-state index contributed by atoms with van der Waals surface area (Å²) in [6.45, 7) is 4.81. The van der Waals surface area contributed by atoms with Crippen LogP contribution in [-0.2, 0) is 9.59 Å². The fourth-order valence-corrected chi connectivity index (χ4v) is 3.21. The summed E-state index contributed by atoms with van der Waals surface area (Å²) < 4.78 is 10.7. The van der Waals surface area contributed by atoms with E-state index in [1.54, 1.807) is 7.11 Å². The molecular formula is C23H28N2O4. The third-order valence-electron chi connectivity index (χ3n) is 5.17. The number of amides is 2. The van der Waals surface area contributed by atoms with Crippen LogP contribution in [0.15, 0.2) is 48.5 Å². The summed E-state index contributed by atoms with van der Waals surface area (Å²) in [5, 5.41) is 5.79. The maximum Gasteiger partial charge on any atom is 0.240 e. The number of hydrogen-bond donors (Lipinski definition) is 2. The van der Waals surface area contributed by atoms with Gasteiger partial charge in [0.05, 0.1) is 13.7 Å². The van der Waals surface area contributed by atoms with Crippen LogP contribution in [0.2, 0.25) is 0 Å². The summed E-state index contributed by atoms with van der Waals surface area (Å²) in [4.78, 5) is 25.4. The van der Waals surface area contributed by atoms with E-state index in [9.17, 15) is 9.59 Å². The first kappa shape index (κ1) is 20.7. The highest BCUT2D eigenvalue weighted by Gasteiger charge is 2.56. The monoisotopic (exact) mass is 396 g/mol. The molecular weight excluding hydrogens is 368 g/mol. The number of methoxy groups -OCH3 is 1. The van der Waals surface area contributed by atoms with Gasteiger partial charge < -0.3 is 20.1 Å². The molecule has 0 heterocycles. The van der Waals surface area contributed by atoms with Gasteiger partial charge in [0.2, 0.25) is 11.8 Å². The summed E-state index contributed by atoms with van der Waals surface area (Å²) >= 11 is 0. The smallest absolute Gasteiger partial charge is 0.240 e. The van der Waals surface area contributed by atoms with Gasteiger partial charge in [-0.2, -0.15) is 0 Å². The highest BCUT2D eigenvalue weighted by molar-refractivity contribution is 6.13. The number of hydrogen-bond acceptors (Lipinski definition) is 4. The Morgan fingerprint density at radius 3 is 2.28 bits per heavy atom. The topological polar surface area (TPSA) is 76.7 Å². The van der Waals surface area contributed by atoms with E-state index in [4.69, 9.17) is 9.47 Å². The average Bonchev–Trinajstić information content (AvgIpc) is 3.54. The normalized spacial score (nSPS) is 14.2. The third kappa shape index (κ3) is 4.88. The number of para-hydroxylation sites is 1. The van der Waals surface area contributed by atoms with Gasteiger partial charge in [-0.1, -0.05) is 32.0 Å². The van der Waals surface area contributed by atoms with E-state index in [2.05, 4.69) is 24.5 Å². The van der Waals surface area contributed by atoms with Gasteiger partial charge in [0.25, 0.3) is 0 Å². The van der Waals surface area contributed by atoms with Crippen molar-refractivity contribution < 1.29 is 19.1 Å². The van der Waals surface area contributed by atoms with Crippen molar-refractivity contribution in [1.29, 1.82) is 0 Å². The predicted molar refractivity (Wildman–Crippen MR) is 112 cm³/mol. The van der Waals surface area contributed by atoms with Crippen LogP contribution in [0.3, 0.4) is 0 Å². The van der Waals surface area contributed by atoms with Crippen LogP contribution in [-0.4, -0.2) is 32.1 Å². The van der Waals surface area contributed by atoms with Gasteiger partial charge in [-0.05, 0) is 54.7 Å². The molecule has 0 radical (unpaired) electrons. The number of nitrogens with one attached hydrogen (secondary N) is 2. The zero-order valence-corrected chi connectivity index (χ0v) is 17.2. The van der Waals surface area contributed by atoms with Crippen LogP contribution in [0, 0.1) is 5.41 Å². The van der Waals surface area contributed by atoms with Crippen molar-refractivity contribution in [2.24, 2.45) is 5.41 Å². The Bertz CT molecular complexity index is 857. The predicted octanol–water partition coefficient (Wildman–Crippen LogP) is 3.73. The van der Waals surface area contributed by atoms with E-state index in [-0.39, 0.29) is 17.7 Å². The summed E-state index contributed by atoms with van der Waals surface area (Å²) in [5.41, 5.74) is 0.865. The molecule has 2 aromatic carbocycles. The lowest BCUT2D eigenvalue weighted by atomic mass is 9.99. The van der Waals surface area contributed by atoms with Crippen LogP contribution >= 0.6 is 0 Å². The molecule has 0 saturated heterocycles. The van der Waals surface area contributed by atoms with E-state index in [0.29, 0.717) is 31.7 Å². The van der Waals surface area contributed by atoms with E-state index < -0.39 is 5.41 Å². The molecule has 1 saturated carbocycles. The maximum absolute atomic E-state index is 12.8. The van der Waals surface area contributed by atoms with Crippen molar-refractivity contribution in [2.45, 2.75) is 32.6 Å². The second-order valence-corrected chi connectivity index (χ2v) is 7.56. The van der Waals surface area contributed by atoms with Crippen molar-refractivity contribution in [3.05, 3.63) is 54.1 Å². The minimum absolute atomic E-state index is 0.237. The van der Waals surface area contributed by atoms with E-state index in [1.165, 1.54) is 0 Å². The quantitative estimate of drug-likeness (QED) is 0.500. The third-order valence-corrected chi connectivity index (χ3v) is 5.17. The number of ether oxygens (including phenoxy) is 2. The SMILES string of the molecule is COc1ccc(OCCNC(=O)C2(C(=O)Nc3ccccc3C(C)C)CC2)cc1. The highest BCUT2D eigenvalue weighted by Crippen LogP contribution is 2.47. The van der Waals surface area contributed by atoms with E-state index >= 15 is 0 Å². The zero-order valence-electron chi connectivity index (χ0n) is 17.2. The molecule has 1 fully saturated rings. The second kappa shape index (κ2) is 8.99. The van der Waals surface area contributed by atoms with Gasteiger partial charge in [0.15, 0.2) is 0 Å². The molecule has 1 aliphatic carbocycles. The Balaban J connectivity index is 1.50. The summed E-state index contributed by atoms with van der Waals surface area (Å²) in [6, 6.07) is 15.0. The lowest BCUT2D eigenvalue weighted by Gasteiger charge is -2.18. The van der Waals surface area contributed by atoms with Crippen molar-refractivity contribution in [3.8, 4) is 11.5 Å². The van der Waals surface area contributed by atoms with Crippen LogP contribution in [0.4, 0.5) is 5.69 Å². The van der Waals surface area contributed by atoms with E-state index in [0.717, 1.165) is 17.0 Å². The summed E-state index contributed by atoms with van der Waals surface area (Å²) in [6.07, 6.45) is 1.13. The largest absolute Gasteiger partial charge is 0.497 e. The Hall–Kier alpha value is -3.02. The Morgan fingerprint density at radius 1 is 1.00 bits per heavy atom. The highest BCUT2D eigenvalue weighted by atomic mass is 16.5. The van der Waals surface area contributed by atoms with Gasteiger partial charge in [0.1, 0.15) is 23.5 Å². The first-order chi connectivity index (χ1) is 14.0. The number of anilines is 1. The van der Waals surface area contributed by atoms with Crippen LogP contribution in [0.25, 0.3) is 0 Å². The van der Waals surface area contributed by atoms with Crippen LogP contribution < -0.4 is 20.1 Å². The van der Waals surface area contributed by atoms with Crippen molar-refractivity contribution in [3.63, 3.8) is 0 Å². The molecule has 0 aliphatic heterocycles. The van der Waals surface area contributed by atoms with Crippen LogP contribution in [0.1, 0.15) is 38.2 Å². The molecule has 0 spiro atoms. The molecule has 2 N–H and O–H groups in total. The summed E-state index contributed by atoms with van der Waals surface area (Å²) in [7, 11) is 1.61. The van der Waals surface area contributed by atoms with Crippen molar-refractivity contribution >= 4 is 17.5 Å². The second-order valence-electron chi connectivity index (χ2n) is 7.56. The van der Waals surface area contributed by atoms with Crippen molar-refractivity contribution in [2.75, 3.05) is 25.6 Å². The van der Waals surface area contributed by atoms with Crippen molar-refractivity contribution in [1.82, 2.24) is 5.32 Å². The molecule has 154 valence electrons. The number of benzene rings is 2. The molecule has 1 aliphatic rings. The molecule has 3 rings (SSSR count). The lowest BCUT2D eigenvalue weighted by molar-refractivity contribution is -0.134. The minimum Gasteiger partial charge on any atom is -0.497 e. The fourth-order valence-electron chi connectivity index (χ4n) is 3.21. The Kier molecular flexibility index (Phi) is 6.42. The Labute approximate surface area is 171 Å². The molecule has 6 heteroatoms. The van der Waals surface area contributed by atoms with Gasteiger partial charge in [0, 0.05) is 5.69 Å². The number of carbonyl (C=O) groups excluding carboxylic acids is 2. The van der Waals surface area contributed by atoms with Gasteiger partial charge in [-0.3, -0.25) is 9.59 Å². The van der Waals surface area contributed by atoms with E-state index in [1.807, 2.05) is 48.5 Å². The molecule has 0 aromatic heterocycles. The fraction of sp³-hybridized carbons (Fsp3) is 0.391. The average molecular weight is 396 g/mol. The van der Waals surface area contributed by atoms with Crippen LogP contribution in [0.5, 0.6) is 11.5 Å². The molecule has 0 unspecified atom stereocenters. The minimum atomic E-state index is -0.968. The maximum atomic E-state index is 12.8. The van der Waals surface area contributed by atoms with Gasteiger partial charge in [-0.15, -0.1) is 0 Å². The Morgan fingerprint density at radius 2 is 1.66 bits per heavy atom. The molecule has 0 atom stereocenters. The molecule has 0 bridgehead atoms. The first-order valence-electron chi connectivity index (χ1n) is 9.92. The molecule has 29 heavy (non-hydrogen) atoms. The summed E-state index contributed by atoms with van der Waals surface area (Å²) in [5.74, 6) is 1.26. The number of carbonyl (C=O) groups is 2. The first-order valence-corrected chi connectivity index (χ1v) is 9.92. The molecule has 2 aromatic rings. The molecule has 2 amide bonds. The molecule has 6 nitrogen and oxygen atoms in total. The standard InChI is InChI=1S/C23H28N2O4/c1-16(2)19-6-4-5-7-20(19)25-22(27)23(12-13-23)21(26)24-14-15-29-18-10-8-17(28-3)9-11-18/h4-11,16H,12-15H2,1-3H3,(H,24,26)(H,25,27). The van der Waals surface area contributed by atoms with Gasteiger partial charge >= 0.3 is 0 Å². The number of rotatable bonds is 9. The zero-order chi connectivity index (χ0) is 20.9. The lowest BCUT2D eigenvalue weighted by Crippen LogP contribution is -2.41.